The van der Waals surface area contributed by atoms with Crippen LogP contribution in [-0.2, 0) is 22.3 Å². The van der Waals surface area contributed by atoms with Crippen molar-refractivity contribution in [2.75, 3.05) is 6.61 Å². The fourth-order valence-corrected chi connectivity index (χ4v) is 2.52. The molecule has 2 aromatic carbocycles. The van der Waals surface area contributed by atoms with Gasteiger partial charge in [-0.1, -0.05) is 6.07 Å². The Morgan fingerprint density at radius 1 is 1.07 bits per heavy atom. The molecule has 0 atom stereocenters. The maximum absolute atomic E-state index is 12.7. The van der Waals surface area contributed by atoms with Gasteiger partial charge in [0.2, 0.25) is 0 Å². The molecule has 0 saturated carbocycles. The summed E-state index contributed by atoms with van der Waals surface area (Å²) in [6.45, 7) is 4.84. The summed E-state index contributed by atoms with van der Waals surface area (Å²) in [5.41, 5.74) is 3.53. The normalized spacial score (nSPS) is 11.0. The van der Waals surface area contributed by atoms with E-state index in [1.165, 1.54) is 23.3 Å². The molecule has 0 spiro atoms. The Morgan fingerprint density at radius 2 is 1.70 bits per heavy atom. The van der Waals surface area contributed by atoms with Crippen LogP contribution in [-0.4, -0.2) is 38.3 Å². The Kier molecular flexibility index (Phi) is 7.04. The second-order valence-electron chi connectivity index (χ2n) is 6.35. The summed E-state index contributed by atoms with van der Waals surface area (Å²) in [5.74, 6) is -3.44. The van der Waals surface area contributed by atoms with Crippen LogP contribution in [0.2, 0.25) is 0 Å². The van der Waals surface area contributed by atoms with Gasteiger partial charge >= 0.3 is 18.1 Å². The molecule has 160 valence electrons. The number of imidazole rings is 1. The van der Waals surface area contributed by atoms with Gasteiger partial charge in [-0.3, -0.25) is 0 Å². The number of hydrogen-bond acceptors (Lipinski definition) is 4. The van der Waals surface area contributed by atoms with E-state index in [4.69, 9.17) is 24.5 Å². The van der Waals surface area contributed by atoms with Gasteiger partial charge in [-0.15, -0.1) is 0 Å². The molecule has 3 rings (SSSR count). The molecule has 10 heteroatoms. The topological polar surface area (TPSA) is 102 Å². The Balaban J connectivity index is 0.000000469. The number of benzene rings is 2. The van der Waals surface area contributed by atoms with E-state index in [0.717, 1.165) is 23.2 Å². The Labute approximate surface area is 169 Å². The van der Waals surface area contributed by atoms with Gasteiger partial charge in [-0.05, 0) is 55.3 Å². The molecule has 1 aromatic heterocycles. The quantitative estimate of drug-likeness (QED) is 0.616. The van der Waals surface area contributed by atoms with Gasteiger partial charge < -0.3 is 19.5 Å². The third-order valence-electron chi connectivity index (χ3n) is 4.18. The minimum Gasteiger partial charge on any atom is -0.492 e. The molecule has 0 bridgehead atoms. The fourth-order valence-electron chi connectivity index (χ4n) is 2.52. The molecule has 0 aliphatic rings. The number of aryl methyl sites for hydroxylation is 2. The van der Waals surface area contributed by atoms with E-state index in [0.29, 0.717) is 6.54 Å². The molecule has 0 fully saturated rings. The lowest BCUT2D eigenvalue weighted by atomic mass is 10.1. The van der Waals surface area contributed by atoms with Crippen LogP contribution in [0, 0.1) is 13.8 Å². The number of carbonyl (C=O) groups is 2. The molecule has 30 heavy (non-hydrogen) atoms. The lowest BCUT2D eigenvalue weighted by Gasteiger charge is -2.11. The number of halogens is 3. The van der Waals surface area contributed by atoms with Gasteiger partial charge in [0.05, 0.1) is 29.5 Å². The van der Waals surface area contributed by atoms with Crippen LogP contribution in [0.15, 0.2) is 42.7 Å². The van der Waals surface area contributed by atoms with Crippen molar-refractivity contribution in [3.05, 3.63) is 59.4 Å². The van der Waals surface area contributed by atoms with E-state index in [2.05, 4.69) is 11.1 Å². The van der Waals surface area contributed by atoms with E-state index >= 15 is 0 Å². The van der Waals surface area contributed by atoms with Crippen molar-refractivity contribution >= 4 is 23.0 Å². The van der Waals surface area contributed by atoms with Crippen molar-refractivity contribution in [1.29, 1.82) is 0 Å². The standard InChI is InChI=1S/C18H17F3N2O.C2H2O4/c1-12-8-16-17(9-13(12)2)23(11-22-16)6-7-24-15-5-3-4-14(10-15)18(19,20)21;3-1(4)2(5)6/h3-5,8-11H,6-7H2,1-2H3;(H,3,4)(H,5,6). The van der Waals surface area contributed by atoms with E-state index in [-0.39, 0.29) is 12.4 Å². The third-order valence-corrected chi connectivity index (χ3v) is 4.18. The molecular formula is C20H19F3N2O5. The van der Waals surface area contributed by atoms with E-state index in [9.17, 15) is 13.2 Å². The zero-order valence-electron chi connectivity index (χ0n) is 16.1. The molecule has 0 radical (unpaired) electrons. The average molecular weight is 424 g/mol. The number of nitrogens with zero attached hydrogens (tertiary/aromatic N) is 2. The van der Waals surface area contributed by atoms with Gasteiger partial charge in [-0.25, -0.2) is 14.6 Å². The van der Waals surface area contributed by atoms with Gasteiger partial charge in [0.15, 0.2) is 0 Å². The monoisotopic (exact) mass is 424 g/mol. The van der Waals surface area contributed by atoms with Crippen LogP contribution in [0.5, 0.6) is 5.75 Å². The smallest absolute Gasteiger partial charge is 0.416 e. The Bertz CT molecular complexity index is 1050. The van der Waals surface area contributed by atoms with Gasteiger partial charge in [0.1, 0.15) is 12.4 Å². The SMILES string of the molecule is Cc1cc2ncn(CCOc3cccc(C(F)(F)F)c3)c2cc1C.O=C(O)C(=O)O. The minimum absolute atomic E-state index is 0.210. The summed E-state index contributed by atoms with van der Waals surface area (Å²) in [5, 5.41) is 14.8. The second kappa shape index (κ2) is 9.29. The van der Waals surface area contributed by atoms with Crippen LogP contribution in [0.3, 0.4) is 0 Å². The number of aliphatic carboxylic acids is 2. The van der Waals surface area contributed by atoms with Gasteiger partial charge in [0.25, 0.3) is 0 Å². The highest BCUT2D eigenvalue weighted by atomic mass is 19.4. The summed E-state index contributed by atoms with van der Waals surface area (Å²) in [4.78, 5) is 22.6. The zero-order chi connectivity index (χ0) is 22.5. The summed E-state index contributed by atoms with van der Waals surface area (Å²) in [6.07, 6.45) is -2.64. The van der Waals surface area contributed by atoms with Crippen molar-refractivity contribution in [1.82, 2.24) is 9.55 Å². The van der Waals surface area contributed by atoms with Crippen LogP contribution in [0.1, 0.15) is 16.7 Å². The first-order chi connectivity index (χ1) is 14.0. The number of ether oxygens (including phenoxy) is 1. The maximum atomic E-state index is 12.7. The van der Waals surface area contributed by atoms with Crippen molar-refractivity contribution in [3.63, 3.8) is 0 Å². The molecular weight excluding hydrogens is 405 g/mol. The molecule has 3 aromatic rings. The Hall–Kier alpha value is -3.56. The summed E-state index contributed by atoms with van der Waals surface area (Å²) < 4.78 is 45.5. The third kappa shape index (κ3) is 5.97. The molecule has 7 nitrogen and oxygen atoms in total. The lowest BCUT2D eigenvalue weighted by molar-refractivity contribution is -0.159. The summed E-state index contributed by atoms with van der Waals surface area (Å²) in [6, 6.07) is 8.99. The first-order valence-corrected chi connectivity index (χ1v) is 8.67. The van der Waals surface area contributed by atoms with Crippen LogP contribution in [0.25, 0.3) is 11.0 Å². The molecule has 0 unspecified atom stereocenters. The molecule has 0 saturated heterocycles. The molecule has 0 aliphatic heterocycles. The fraction of sp³-hybridized carbons (Fsp3) is 0.250. The first kappa shape index (κ1) is 22.7. The molecule has 0 aliphatic carbocycles. The number of rotatable bonds is 4. The predicted molar refractivity (Wildman–Crippen MR) is 101 cm³/mol. The Morgan fingerprint density at radius 3 is 2.30 bits per heavy atom. The minimum atomic E-state index is -4.37. The lowest BCUT2D eigenvalue weighted by Crippen LogP contribution is -2.09. The second-order valence-corrected chi connectivity index (χ2v) is 6.35. The average Bonchev–Trinajstić information content (AvgIpc) is 3.04. The largest absolute Gasteiger partial charge is 0.492 e. The van der Waals surface area contributed by atoms with E-state index in [1.54, 1.807) is 6.33 Å². The van der Waals surface area contributed by atoms with E-state index < -0.39 is 23.7 Å². The van der Waals surface area contributed by atoms with Crippen molar-refractivity contribution < 1.29 is 37.7 Å². The highest BCUT2D eigenvalue weighted by Gasteiger charge is 2.30. The maximum Gasteiger partial charge on any atom is 0.416 e. The van der Waals surface area contributed by atoms with Crippen molar-refractivity contribution in [3.8, 4) is 5.75 Å². The number of carboxylic acids is 2. The van der Waals surface area contributed by atoms with Crippen LogP contribution >= 0.6 is 0 Å². The van der Waals surface area contributed by atoms with E-state index in [1.807, 2.05) is 24.5 Å². The van der Waals surface area contributed by atoms with Crippen LogP contribution in [0.4, 0.5) is 13.2 Å². The summed E-state index contributed by atoms with van der Waals surface area (Å²) in [7, 11) is 0. The number of hydrogen-bond donors (Lipinski definition) is 2. The molecule has 1 heterocycles. The number of carboxylic acid groups (broad SMARTS) is 2. The predicted octanol–water partition coefficient (Wildman–Crippen LogP) is 3.91. The highest BCUT2D eigenvalue weighted by Crippen LogP contribution is 2.31. The van der Waals surface area contributed by atoms with Crippen LogP contribution < -0.4 is 4.74 Å². The molecule has 0 amide bonds. The molecule has 2 N–H and O–H groups in total. The van der Waals surface area contributed by atoms with Gasteiger partial charge in [0, 0.05) is 0 Å². The van der Waals surface area contributed by atoms with Crippen molar-refractivity contribution in [2.24, 2.45) is 0 Å². The number of fused-ring (bicyclic) bond motifs is 1. The first-order valence-electron chi connectivity index (χ1n) is 8.67. The summed E-state index contributed by atoms with van der Waals surface area (Å²) >= 11 is 0. The van der Waals surface area contributed by atoms with Crippen molar-refractivity contribution in [2.45, 2.75) is 26.6 Å². The number of aromatic nitrogens is 2. The zero-order valence-corrected chi connectivity index (χ0v) is 16.1. The van der Waals surface area contributed by atoms with Gasteiger partial charge in [-0.2, -0.15) is 13.2 Å². The number of alkyl halides is 3. The highest BCUT2D eigenvalue weighted by molar-refractivity contribution is 6.27.